The SMILES string of the molecule is CCOC(=O)c1ccc(N2CCCN(c3ccc(C#N)c(N)n3)CC2)nc1. The molecule has 0 atom stereocenters. The lowest BCUT2D eigenvalue weighted by atomic mass is 10.2. The number of ether oxygens (including phenoxy) is 1. The number of nitriles is 1. The van der Waals surface area contributed by atoms with Gasteiger partial charge in [0.15, 0.2) is 0 Å². The monoisotopic (exact) mass is 366 g/mol. The van der Waals surface area contributed by atoms with Crippen molar-refractivity contribution in [1.29, 1.82) is 5.26 Å². The standard InChI is InChI=1S/C19H22N6O2/c1-2-27-19(26)15-5-6-16(22-13-15)24-8-3-9-25(11-10-24)17-7-4-14(12-20)18(21)23-17/h4-7,13H,2-3,8-11H2,1H3,(H2,21,23). The first-order valence-electron chi connectivity index (χ1n) is 8.92. The molecule has 3 heterocycles. The lowest BCUT2D eigenvalue weighted by Gasteiger charge is -2.23. The van der Waals surface area contributed by atoms with Gasteiger partial charge in [0.1, 0.15) is 23.5 Å². The maximum Gasteiger partial charge on any atom is 0.339 e. The van der Waals surface area contributed by atoms with E-state index in [1.54, 1.807) is 25.3 Å². The Morgan fingerprint density at radius 3 is 2.48 bits per heavy atom. The highest BCUT2D eigenvalue weighted by atomic mass is 16.5. The van der Waals surface area contributed by atoms with Crippen molar-refractivity contribution in [2.75, 3.05) is 48.3 Å². The highest BCUT2D eigenvalue weighted by Gasteiger charge is 2.18. The molecule has 2 N–H and O–H groups in total. The van der Waals surface area contributed by atoms with Crippen LogP contribution in [-0.2, 0) is 4.74 Å². The number of carbonyl (C=O) groups is 1. The molecule has 0 unspecified atom stereocenters. The van der Waals surface area contributed by atoms with Gasteiger partial charge in [-0.3, -0.25) is 0 Å². The molecule has 0 bridgehead atoms. The number of anilines is 3. The Balaban J connectivity index is 1.67. The second-order valence-electron chi connectivity index (χ2n) is 6.17. The van der Waals surface area contributed by atoms with Crippen molar-refractivity contribution in [3.8, 4) is 6.07 Å². The van der Waals surface area contributed by atoms with E-state index in [0.717, 1.165) is 44.2 Å². The molecule has 0 spiro atoms. The van der Waals surface area contributed by atoms with Crippen molar-refractivity contribution in [1.82, 2.24) is 9.97 Å². The zero-order chi connectivity index (χ0) is 19.2. The highest BCUT2D eigenvalue weighted by Crippen LogP contribution is 2.20. The predicted molar refractivity (Wildman–Crippen MR) is 103 cm³/mol. The van der Waals surface area contributed by atoms with Gasteiger partial charge < -0.3 is 20.3 Å². The lowest BCUT2D eigenvalue weighted by Crippen LogP contribution is -2.31. The minimum absolute atomic E-state index is 0.257. The number of nitrogen functional groups attached to an aromatic ring is 1. The third-order valence-electron chi connectivity index (χ3n) is 4.43. The van der Waals surface area contributed by atoms with Gasteiger partial charge in [-0.2, -0.15) is 5.26 Å². The van der Waals surface area contributed by atoms with Gasteiger partial charge in [0.25, 0.3) is 0 Å². The van der Waals surface area contributed by atoms with E-state index in [4.69, 9.17) is 15.7 Å². The summed E-state index contributed by atoms with van der Waals surface area (Å²) >= 11 is 0. The van der Waals surface area contributed by atoms with Gasteiger partial charge in [0.05, 0.1) is 17.7 Å². The number of rotatable bonds is 4. The molecule has 1 aliphatic rings. The molecular formula is C19H22N6O2. The normalized spacial score (nSPS) is 14.4. The molecule has 0 radical (unpaired) electrons. The Labute approximate surface area is 158 Å². The van der Waals surface area contributed by atoms with E-state index < -0.39 is 0 Å². The molecule has 1 fully saturated rings. The number of hydrogen-bond donors (Lipinski definition) is 1. The molecule has 2 aromatic rings. The largest absolute Gasteiger partial charge is 0.462 e. The average molecular weight is 366 g/mol. The highest BCUT2D eigenvalue weighted by molar-refractivity contribution is 5.89. The molecule has 140 valence electrons. The van der Waals surface area contributed by atoms with Crippen LogP contribution in [0.25, 0.3) is 0 Å². The van der Waals surface area contributed by atoms with Crippen LogP contribution in [0, 0.1) is 11.3 Å². The Bertz CT molecular complexity index is 846. The smallest absolute Gasteiger partial charge is 0.339 e. The summed E-state index contributed by atoms with van der Waals surface area (Å²) in [6, 6.07) is 9.15. The first-order chi connectivity index (χ1) is 13.1. The Morgan fingerprint density at radius 1 is 1.19 bits per heavy atom. The van der Waals surface area contributed by atoms with E-state index in [1.165, 1.54) is 0 Å². The Hall–Kier alpha value is -3.34. The van der Waals surface area contributed by atoms with Crippen LogP contribution in [0.15, 0.2) is 30.5 Å². The topological polar surface area (TPSA) is 108 Å². The third-order valence-corrected chi connectivity index (χ3v) is 4.43. The maximum absolute atomic E-state index is 11.7. The minimum atomic E-state index is -0.358. The summed E-state index contributed by atoms with van der Waals surface area (Å²) < 4.78 is 4.99. The van der Waals surface area contributed by atoms with Crippen LogP contribution in [0.2, 0.25) is 0 Å². The molecule has 27 heavy (non-hydrogen) atoms. The number of pyridine rings is 2. The summed E-state index contributed by atoms with van der Waals surface area (Å²) in [4.78, 5) is 24.8. The quantitative estimate of drug-likeness (QED) is 0.816. The summed E-state index contributed by atoms with van der Waals surface area (Å²) in [5, 5.41) is 8.98. The molecule has 1 saturated heterocycles. The summed E-state index contributed by atoms with van der Waals surface area (Å²) in [5.74, 6) is 1.51. The van der Waals surface area contributed by atoms with Crippen LogP contribution in [0.5, 0.6) is 0 Å². The predicted octanol–water partition coefficient (Wildman–Crippen LogP) is 1.82. The molecule has 2 aromatic heterocycles. The van der Waals surface area contributed by atoms with Crippen LogP contribution < -0.4 is 15.5 Å². The van der Waals surface area contributed by atoms with Gasteiger partial charge in [-0.05, 0) is 37.6 Å². The minimum Gasteiger partial charge on any atom is -0.462 e. The van der Waals surface area contributed by atoms with E-state index in [1.807, 2.05) is 18.2 Å². The van der Waals surface area contributed by atoms with E-state index in [9.17, 15) is 4.79 Å². The number of aromatic nitrogens is 2. The third kappa shape index (κ3) is 4.26. The number of esters is 1. The lowest BCUT2D eigenvalue weighted by molar-refractivity contribution is 0.0526. The van der Waals surface area contributed by atoms with Crippen LogP contribution in [0.4, 0.5) is 17.5 Å². The van der Waals surface area contributed by atoms with E-state index in [2.05, 4.69) is 19.8 Å². The van der Waals surface area contributed by atoms with Crippen LogP contribution in [-0.4, -0.2) is 48.7 Å². The fraction of sp³-hybridized carbons (Fsp3) is 0.368. The van der Waals surface area contributed by atoms with E-state index in [-0.39, 0.29) is 11.8 Å². The van der Waals surface area contributed by atoms with Crippen LogP contribution >= 0.6 is 0 Å². The van der Waals surface area contributed by atoms with Gasteiger partial charge in [0.2, 0.25) is 0 Å². The Kier molecular flexibility index (Phi) is 5.71. The number of nitrogens with zero attached hydrogens (tertiary/aromatic N) is 5. The molecule has 8 nitrogen and oxygen atoms in total. The van der Waals surface area contributed by atoms with Crippen LogP contribution in [0.1, 0.15) is 29.3 Å². The first kappa shape index (κ1) is 18.5. The van der Waals surface area contributed by atoms with Gasteiger partial charge in [-0.25, -0.2) is 14.8 Å². The molecule has 0 saturated carbocycles. The van der Waals surface area contributed by atoms with Crippen molar-refractivity contribution >= 4 is 23.4 Å². The maximum atomic E-state index is 11.7. The number of carbonyl (C=O) groups excluding carboxylic acids is 1. The number of nitrogens with two attached hydrogens (primary N) is 1. The Morgan fingerprint density at radius 2 is 1.89 bits per heavy atom. The second kappa shape index (κ2) is 8.36. The van der Waals surface area contributed by atoms with Gasteiger partial charge in [-0.1, -0.05) is 0 Å². The first-order valence-corrected chi connectivity index (χ1v) is 8.92. The molecule has 1 aliphatic heterocycles. The molecule has 0 aromatic carbocycles. The summed E-state index contributed by atoms with van der Waals surface area (Å²) in [5.41, 5.74) is 6.68. The number of hydrogen-bond acceptors (Lipinski definition) is 8. The molecule has 0 amide bonds. The molecular weight excluding hydrogens is 344 g/mol. The van der Waals surface area contributed by atoms with Gasteiger partial charge >= 0.3 is 5.97 Å². The fourth-order valence-corrected chi connectivity index (χ4v) is 3.02. The molecule has 8 heteroatoms. The van der Waals surface area contributed by atoms with Crippen molar-refractivity contribution < 1.29 is 9.53 Å². The van der Waals surface area contributed by atoms with Crippen molar-refractivity contribution in [2.45, 2.75) is 13.3 Å². The summed E-state index contributed by atoms with van der Waals surface area (Å²) in [6.07, 6.45) is 2.49. The zero-order valence-corrected chi connectivity index (χ0v) is 15.3. The zero-order valence-electron chi connectivity index (χ0n) is 15.3. The summed E-state index contributed by atoms with van der Waals surface area (Å²) in [6.45, 7) is 5.35. The second-order valence-corrected chi connectivity index (χ2v) is 6.17. The molecule has 3 rings (SSSR count). The average Bonchev–Trinajstić information content (AvgIpc) is 2.94. The van der Waals surface area contributed by atoms with E-state index >= 15 is 0 Å². The van der Waals surface area contributed by atoms with E-state index in [0.29, 0.717) is 17.7 Å². The van der Waals surface area contributed by atoms with Crippen molar-refractivity contribution in [2.24, 2.45) is 0 Å². The van der Waals surface area contributed by atoms with Crippen LogP contribution in [0.3, 0.4) is 0 Å². The fourth-order valence-electron chi connectivity index (χ4n) is 3.02. The van der Waals surface area contributed by atoms with Gasteiger partial charge in [-0.15, -0.1) is 0 Å². The van der Waals surface area contributed by atoms with Crippen molar-refractivity contribution in [3.05, 3.63) is 41.6 Å². The molecule has 0 aliphatic carbocycles. The van der Waals surface area contributed by atoms with Crippen molar-refractivity contribution in [3.63, 3.8) is 0 Å². The van der Waals surface area contributed by atoms with Gasteiger partial charge in [0, 0.05) is 32.4 Å². The summed E-state index contributed by atoms with van der Waals surface area (Å²) in [7, 11) is 0.